The third kappa shape index (κ3) is 4.64. The van der Waals surface area contributed by atoms with E-state index in [-0.39, 0.29) is 29.4 Å². The van der Waals surface area contributed by atoms with Crippen molar-refractivity contribution in [2.45, 2.75) is 37.8 Å². The number of rotatable bonds is 5. The second kappa shape index (κ2) is 8.36. The highest BCUT2D eigenvalue weighted by atomic mass is 35.5. The molecule has 1 aliphatic carbocycles. The van der Waals surface area contributed by atoms with Crippen LogP contribution in [-0.4, -0.2) is 30.1 Å². The predicted molar refractivity (Wildman–Crippen MR) is 96.3 cm³/mol. The Kier molecular flexibility index (Phi) is 5.93. The lowest BCUT2D eigenvalue weighted by Gasteiger charge is -2.29. The Hall–Kier alpha value is -2.34. The highest BCUT2D eigenvalue weighted by Crippen LogP contribution is 2.24. The molecule has 1 aromatic heterocycles. The minimum absolute atomic E-state index is 0.0469. The summed E-state index contributed by atoms with van der Waals surface area (Å²) in [5, 5.41) is 3.52. The maximum Gasteiger partial charge on any atom is 0.251 e. The van der Waals surface area contributed by atoms with Crippen molar-refractivity contribution in [3.05, 3.63) is 52.9 Å². The number of aromatic nitrogens is 1. The van der Waals surface area contributed by atoms with Gasteiger partial charge in [-0.05, 0) is 49.9 Å². The maximum atomic E-state index is 13.7. The average Bonchev–Trinajstić information content (AvgIpc) is 2.65. The largest absolute Gasteiger partial charge is 0.494 e. The summed E-state index contributed by atoms with van der Waals surface area (Å²) in [6.45, 7) is 0. The molecule has 1 heterocycles. The molecular formula is C19H20ClFN2O3. The number of carbonyl (C=O) groups excluding carboxylic acids is 1. The Morgan fingerprint density at radius 3 is 2.62 bits per heavy atom. The molecule has 26 heavy (non-hydrogen) atoms. The zero-order chi connectivity index (χ0) is 18.5. The van der Waals surface area contributed by atoms with Crippen LogP contribution >= 0.6 is 11.6 Å². The van der Waals surface area contributed by atoms with Gasteiger partial charge in [-0.15, -0.1) is 0 Å². The number of pyridine rings is 1. The van der Waals surface area contributed by atoms with Crippen LogP contribution in [0.5, 0.6) is 11.6 Å². The van der Waals surface area contributed by atoms with Crippen LogP contribution in [0.4, 0.5) is 4.39 Å². The van der Waals surface area contributed by atoms with E-state index in [0.717, 1.165) is 25.7 Å². The molecule has 5 nitrogen and oxygen atoms in total. The number of amides is 1. The Bertz CT molecular complexity index is 762. The van der Waals surface area contributed by atoms with E-state index >= 15 is 0 Å². The first kappa shape index (κ1) is 18.5. The summed E-state index contributed by atoms with van der Waals surface area (Å²) in [6, 6.07) is 7.73. The molecule has 0 saturated heterocycles. The zero-order valence-corrected chi connectivity index (χ0v) is 15.1. The predicted octanol–water partition coefficient (Wildman–Crippen LogP) is 4.00. The fourth-order valence-electron chi connectivity index (χ4n) is 3.00. The molecule has 1 amide bonds. The van der Waals surface area contributed by atoms with Crippen molar-refractivity contribution in [3.63, 3.8) is 0 Å². The molecule has 1 fully saturated rings. The molecule has 1 saturated carbocycles. The van der Waals surface area contributed by atoms with Gasteiger partial charge < -0.3 is 14.8 Å². The third-order valence-electron chi connectivity index (χ3n) is 4.41. The van der Waals surface area contributed by atoms with Crippen LogP contribution in [0.25, 0.3) is 0 Å². The van der Waals surface area contributed by atoms with Gasteiger partial charge in [0.2, 0.25) is 5.88 Å². The summed E-state index contributed by atoms with van der Waals surface area (Å²) in [6.07, 6.45) is 4.83. The fraction of sp³-hybridized carbons (Fsp3) is 0.368. The highest BCUT2D eigenvalue weighted by molar-refractivity contribution is 6.30. The summed E-state index contributed by atoms with van der Waals surface area (Å²) >= 11 is 5.81. The number of benzene rings is 1. The number of ether oxygens (including phenoxy) is 2. The topological polar surface area (TPSA) is 60.5 Å². The summed E-state index contributed by atoms with van der Waals surface area (Å²) in [4.78, 5) is 16.4. The Morgan fingerprint density at radius 1 is 1.23 bits per heavy atom. The first-order chi connectivity index (χ1) is 12.5. The van der Waals surface area contributed by atoms with Crippen molar-refractivity contribution < 1.29 is 18.7 Å². The molecule has 0 bridgehead atoms. The molecule has 0 radical (unpaired) electrons. The molecule has 1 aromatic carbocycles. The number of nitrogens with zero attached hydrogens (tertiary/aromatic N) is 1. The van der Waals surface area contributed by atoms with Crippen molar-refractivity contribution in [2.75, 3.05) is 7.11 Å². The number of hydrogen-bond acceptors (Lipinski definition) is 4. The summed E-state index contributed by atoms with van der Waals surface area (Å²) < 4.78 is 24.4. The van der Waals surface area contributed by atoms with Crippen LogP contribution in [0, 0.1) is 5.82 Å². The first-order valence-electron chi connectivity index (χ1n) is 8.48. The smallest absolute Gasteiger partial charge is 0.251 e. The lowest BCUT2D eigenvalue weighted by atomic mass is 9.92. The van der Waals surface area contributed by atoms with Crippen molar-refractivity contribution in [2.24, 2.45) is 0 Å². The number of nitrogens with one attached hydrogen (secondary N) is 1. The molecular weight excluding hydrogens is 359 g/mol. The molecule has 1 aliphatic rings. The highest BCUT2D eigenvalue weighted by Gasteiger charge is 2.24. The van der Waals surface area contributed by atoms with Crippen molar-refractivity contribution in [1.29, 1.82) is 0 Å². The van der Waals surface area contributed by atoms with Gasteiger partial charge in [0.05, 0.1) is 12.1 Å². The molecule has 0 atom stereocenters. The summed E-state index contributed by atoms with van der Waals surface area (Å²) in [5.74, 6) is -0.159. The van der Waals surface area contributed by atoms with E-state index in [1.54, 1.807) is 24.4 Å². The molecule has 7 heteroatoms. The number of carbonyl (C=O) groups is 1. The van der Waals surface area contributed by atoms with Gasteiger partial charge >= 0.3 is 0 Å². The average molecular weight is 379 g/mol. The number of hydrogen-bond donors (Lipinski definition) is 1. The Labute approximate surface area is 156 Å². The number of halogens is 2. The van der Waals surface area contributed by atoms with Gasteiger partial charge in [-0.2, -0.15) is 0 Å². The minimum atomic E-state index is -0.548. The Morgan fingerprint density at radius 2 is 2.00 bits per heavy atom. The third-order valence-corrected chi connectivity index (χ3v) is 4.63. The van der Waals surface area contributed by atoms with Crippen LogP contribution < -0.4 is 14.8 Å². The van der Waals surface area contributed by atoms with Crippen LogP contribution in [0.2, 0.25) is 5.02 Å². The van der Waals surface area contributed by atoms with Crippen LogP contribution in [-0.2, 0) is 0 Å². The van der Waals surface area contributed by atoms with E-state index < -0.39 is 5.82 Å². The molecule has 0 spiro atoms. The lowest BCUT2D eigenvalue weighted by Crippen LogP contribution is -2.39. The number of methoxy groups -OCH3 is 1. The fourth-order valence-corrected chi connectivity index (χ4v) is 3.12. The summed E-state index contributed by atoms with van der Waals surface area (Å²) in [5.41, 5.74) is 0.284. The molecule has 1 N–H and O–H groups in total. The van der Waals surface area contributed by atoms with E-state index in [9.17, 15) is 9.18 Å². The van der Waals surface area contributed by atoms with Gasteiger partial charge in [-0.25, -0.2) is 9.37 Å². The van der Waals surface area contributed by atoms with Gasteiger partial charge in [-0.1, -0.05) is 11.6 Å². The normalized spacial score (nSPS) is 19.7. The molecule has 138 valence electrons. The van der Waals surface area contributed by atoms with Crippen molar-refractivity contribution >= 4 is 17.5 Å². The standard InChI is InChI=1S/C19H20ClFN2O3/c1-25-17-8-2-12(10-16(17)21)19(24)23-14-4-6-15(7-5-14)26-18-9-3-13(20)11-22-18/h2-3,8-11,14-15H,4-7H2,1H3,(H,23,24). The van der Waals surface area contributed by atoms with Crippen LogP contribution in [0.3, 0.4) is 0 Å². The van der Waals surface area contributed by atoms with Crippen LogP contribution in [0.1, 0.15) is 36.0 Å². The molecule has 0 unspecified atom stereocenters. The zero-order valence-electron chi connectivity index (χ0n) is 14.4. The van der Waals surface area contributed by atoms with E-state index in [2.05, 4.69) is 10.3 Å². The van der Waals surface area contributed by atoms with Gasteiger partial charge in [0.15, 0.2) is 11.6 Å². The van der Waals surface area contributed by atoms with Gasteiger partial charge in [0.1, 0.15) is 6.10 Å². The quantitative estimate of drug-likeness (QED) is 0.854. The molecule has 3 rings (SSSR count). The van der Waals surface area contributed by atoms with E-state index in [1.807, 2.05) is 0 Å². The van der Waals surface area contributed by atoms with Gasteiger partial charge in [0.25, 0.3) is 5.91 Å². The van der Waals surface area contributed by atoms with E-state index in [0.29, 0.717) is 10.9 Å². The second-order valence-corrected chi connectivity index (χ2v) is 6.67. The van der Waals surface area contributed by atoms with E-state index in [1.165, 1.54) is 19.2 Å². The lowest BCUT2D eigenvalue weighted by molar-refractivity contribution is 0.0889. The SMILES string of the molecule is COc1ccc(C(=O)NC2CCC(Oc3ccc(Cl)cn3)CC2)cc1F. The maximum absolute atomic E-state index is 13.7. The van der Waals surface area contributed by atoms with Gasteiger partial charge in [-0.3, -0.25) is 4.79 Å². The summed E-state index contributed by atoms with van der Waals surface area (Å²) in [7, 11) is 1.39. The van der Waals surface area contributed by atoms with Crippen molar-refractivity contribution in [3.8, 4) is 11.6 Å². The van der Waals surface area contributed by atoms with E-state index in [4.69, 9.17) is 21.1 Å². The minimum Gasteiger partial charge on any atom is -0.494 e. The second-order valence-electron chi connectivity index (χ2n) is 6.23. The molecule has 2 aromatic rings. The first-order valence-corrected chi connectivity index (χ1v) is 8.85. The van der Waals surface area contributed by atoms with Gasteiger partial charge in [0, 0.05) is 23.9 Å². The van der Waals surface area contributed by atoms with Crippen LogP contribution in [0.15, 0.2) is 36.5 Å². The van der Waals surface area contributed by atoms with Crippen molar-refractivity contribution in [1.82, 2.24) is 10.3 Å². The molecule has 0 aliphatic heterocycles. The monoisotopic (exact) mass is 378 g/mol. The Balaban J connectivity index is 1.49.